The zero-order valence-corrected chi connectivity index (χ0v) is 12.2. The Morgan fingerprint density at radius 2 is 1.78 bits per heavy atom. The van der Waals surface area contributed by atoms with E-state index in [1.165, 1.54) is 23.7 Å². The third-order valence-corrected chi connectivity index (χ3v) is 7.45. The molecule has 5 unspecified atom stereocenters. The first-order valence-corrected chi connectivity index (χ1v) is 8.26. The van der Waals surface area contributed by atoms with Crippen molar-refractivity contribution in [1.82, 2.24) is 0 Å². The molecule has 0 nitrogen and oxygen atoms in total. The number of halogens is 1. The van der Waals surface area contributed by atoms with E-state index in [0.717, 1.165) is 23.2 Å². The first-order valence-electron chi connectivity index (χ1n) is 7.46. The van der Waals surface area contributed by atoms with Gasteiger partial charge in [0.1, 0.15) is 0 Å². The minimum absolute atomic E-state index is 0.569. The van der Waals surface area contributed by atoms with Crippen molar-refractivity contribution in [2.24, 2.45) is 23.2 Å². The molecule has 5 atom stereocenters. The molecule has 18 heavy (non-hydrogen) atoms. The predicted octanol–water partition coefficient (Wildman–Crippen LogP) is 4.92. The minimum Gasteiger partial charge on any atom is -0.0574 e. The number of fused-ring (bicyclic) bond motifs is 2. The molecule has 3 bridgehead atoms. The van der Waals surface area contributed by atoms with Crippen molar-refractivity contribution in [1.29, 1.82) is 0 Å². The third kappa shape index (κ3) is 1.06. The average Bonchev–Trinajstić information content (AvgIpc) is 2.67. The van der Waals surface area contributed by atoms with Crippen LogP contribution in [0.1, 0.15) is 44.1 Å². The first kappa shape index (κ1) is 10.5. The lowest BCUT2D eigenvalue weighted by atomic mass is 9.55. The number of benzene rings is 1. The van der Waals surface area contributed by atoms with E-state index in [1.807, 2.05) is 0 Å². The topological polar surface area (TPSA) is 0 Å². The molecule has 94 valence electrons. The van der Waals surface area contributed by atoms with Gasteiger partial charge in [0.2, 0.25) is 0 Å². The van der Waals surface area contributed by atoms with E-state index >= 15 is 0 Å². The Kier molecular flexibility index (Phi) is 1.78. The summed E-state index contributed by atoms with van der Waals surface area (Å²) < 4.78 is 1.22. The molecule has 4 aliphatic rings. The predicted molar refractivity (Wildman–Crippen MR) is 76.4 cm³/mol. The summed E-state index contributed by atoms with van der Waals surface area (Å²) in [5, 5.41) is 0. The lowest BCUT2D eigenvalue weighted by Crippen LogP contribution is -2.42. The number of hydrogen-bond acceptors (Lipinski definition) is 0. The molecule has 4 saturated carbocycles. The summed E-state index contributed by atoms with van der Waals surface area (Å²) in [5.41, 5.74) is 3.03. The van der Waals surface area contributed by atoms with Crippen LogP contribution in [0.2, 0.25) is 0 Å². The van der Waals surface area contributed by atoms with E-state index in [4.69, 9.17) is 0 Å². The summed E-state index contributed by atoms with van der Waals surface area (Å²) in [5.74, 6) is 3.26. The van der Waals surface area contributed by atoms with Crippen molar-refractivity contribution in [3.05, 3.63) is 34.3 Å². The highest BCUT2D eigenvalue weighted by Crippen LogP contribution is 2.78. The number of rotatable bonds is 1. The van der Waals surface area contributed by atoms with Gasteiger partial charge >= 0.3 is 0 Å². The normalized spacial score (nSPS) is 51.3. The summed E-state index contributed by atoms with van der Waals surface area (Å²) in [6, 6.07) is 9.28. The molecule has 0 amide bonds. The van der Waals surface area contributed by atoms with Gasteiger partial charge in [-0.1, -0.05) is 28.1 Å². The summed E-state index contributed by atoms with van der Waals surface area (Å²) in [6.07, 6.45) is 9.22. The second-order valence-corrected chi connectivity index (χ2v) is 8.46. The van der Waals surface area contributed by atoms with Crippen LogP contribution in [0.3, 0.4) is 0 Å². The maximum absolute atomic E-state index is 3.57. The van der Waals surface area contributed by atoms with Gasteiger partial charge in [0.15, 0.2) is 0 Å². The fourth-order valence-electron chi connectivity index (χ4n) is 6.50. The fourth-order valence-corrected chi connectivity index (χ4v) is 6.76. The van der Waals surface area contributed by atoms with Gasteiger partial charge in [-0.25, -0.2) is 0 Å². The van der Waals surface area contributed by atoms with E-state index in [0.29, 0.717) is 5.41 Å². The second-order valence-electron chi connectivity index (χ2n) is 7.54. The van der Waals surface area contributed by atoms with Crippen molar-refractivity contribution in [3.8, 4) is 0 Å². The van der Waals surface area contributed by atoms with Crippen LogP contribution in [0, 0.1) is 23.2 Å². The van der Waals surface area contributed by atoms with Crippen molar-refractivity contribution >= 4 is 15.9 Å². The third-order valence-electron chi connectivity index (χ3n) is 6.92. The van der Waals surface area contributed by atoms with E-state index in [9.17, 15) is 0 Å². The molecule has 0 heterocycles. The SMILES string of the molecule is Brc1ccc(C23CC4CC5CC(C2)C5(C4)C3)cc1. The van der Waals surface area contributed by atoms with Gasteiger partial charge in [0.05, 0.1) is 0 Å². The Morgan fingerprint density at radius 1 is 0.944 bits per heavy atom. The maximum atomic E-state index is 3.57. The van der Waals surface area contributed by atoms with Crippen LogP contribution in [0.25, 0.3) is 0 Å². The summed E-state index contributed by atoms with van der Waals surface area (Å²) >= 11 is 3.57. The van der Waals surface area contributed by atoms with Gasteiger partial charge < -0.3 is 0 Å². The largest absolute Gasteiger partial charge is 0.0574 e. The Bertz CT molecular complexity index is 515. The van der Waals surface area contributed by atoms with Gasteiger partial charge in [0.25, 0.3) is 0 Å². The minimum atomic E-state index is 0.569. The van der Waals surface area contributed by atoms with Crippen molar-refractivity contribution in [2.75, 3.05) is 0 Å². The summed E-state index contributed by atoms with van der Waals surface area (Å²) in [6.45, 7) is 0. The molecule has 0 N–H and O–H groups in total. The van der Waals surface area contributed by atoms with Crippen LogP contribution in [0.15, 0.2) is 28.7 Å². The van der Waals surface area contributed by atoms with Gasteiger partial charge in [-0.05, 0) is 84.8 Å². The summed E-state index contributed by atoms with van der Waals surface area (Å²) in [7, 11) is 0. The first-order chi connectivity index (χ1) is 8.70. The van der Waals surface area contributed by atoms with Crippen molar-refractivity contribution in [3.63, 3.8) is 0 Å². The molecule has 1 spiro atoms. The standard InChI is InChI=1S/C17H19Br/c18-15-3-1-12(2-4-15)16-7-11-5-13-6-14(9-16)17(13,8-11)10-16/h1-4,11,13-14H,5-10H2. The highest BCUT2D eigenvalue weighted by atomic mass is 79.9. The molecule has 0 saturated heterocycles. The lowest BCUT2D eigenvalue weighted by molar-refractivity contribution is -0.000160. The lowest BCUT2D eigenvalue weighted by Gasteiger charge is -2.49. The molecule has 1 heteroatoms. The summed E-state index contributed by atoms with van der Waals surface area (Å²) in [4.78, 5) is 0. The Morgan fingerprint density at radius 3 is 2.61 bits per heavy atom. The molecule has 1 aromatic rings. The van der Waals surface area contributed by atoms with Gasteiger partial charge in [-0.2, -0.15) is 0 Å². The van der Waals surface area contributed by atoms with Crippen molar-refractivity contribution in [2.45, 2.75) is 43.9 Å². The van der Waals surface area contributed by atoms with E-state index in [2.05, 4.69) is 40.2 Å². The van der Waals surface area contributed by atoms with E-state index in [1.54, 1.807) is 24.8 Å². The van der Waals surface area contributed by atoms with Gasteiger partial charge in [-0.15, -0.1) is 0 Å². The zero-order valence-electron chi connectivity index (χ0n) is 10.7. The quantitative estimate of drug-likeness (QED) is 0.691. The second kappa shape index (κ2) is 3.06. The highest BCUT2D eigenvalue weighted by Gasteiger charge is 2.70. The van der Waals surface area contributed by atoms with E-state index in [-0.39, 0.29) is 0 Å². The molecule has 0 aromatic heterocycles. The zero-order chi connectivity index (χ0) is 12.0. The fraction of sp³-hybridized carbons (Fsp3) is 0.647. The molecular formula is C17H19Br. The molecule has 4 fully saturated rings. The van der Waals surface area contributed by atoms with Crippen molar-refractivity contribution < 1.29 is 0 Å². The monoisotopic (exact) mass is 302 g/mol. The van der Waals surface area contributed by atoms with Crippen LogP contribution in [0.4, 0.5) is 0 Å². The molecule has 5 rings (SSSR count). The highest BCUT2D eigenvalue weighted by molar-refractivity contribution is 9.10. The van der Waals surface area contributed by atoms with Crippen LogP contribution < -0.4 is 0 Å². The van der Waals surface area contributed by atoms with Gasteiger partial charge in [0, 0.05) is 4.47 Å². The average molecular weight is 303 g/mol. The van der Waals surface area contributed by atoms with Crippen LogP contribution in [-0.4, -0.2) is 0 Å². The van der Waals surface area contributed by atoms with Crippen LogP contribution in [0.5, 0.6) is 0 Å². The van der Waals surface area contributed by atoms with Crippen LogP contribution in [-0.2, 0) is 5.41 Å². The molecule has 1 aromatic carbocycles. The van der Waals surface area contributed by atoms with Crippen LogP contribution >= 0.6 is 15.9 Å². The van der Waals surface area contributed by atoms with E-state index < -0.39 is 0 Å². The Hall–Kier alpha value is -0.300. The molecule has 0 aliphatic heterocycles. The molecule has 0 radical (unpaired) electrons. The van der Waals surface area contributed by atoms with Gasteiger partial charge in [-0.3, -0.25) is 0 Å². The molecular weight excluding hydrogens is 284 g/mol. The smallest absolute Gasteiger partial charge is 0.0175 e. The Balaban J connectivity index is 1.63. The Labute approximate surface area is 117 Å². The maximum Gasteiger partial charge on any atom is 0.0175 e. The molecule has 4 aliphatic carbocycles. The number of hydrogen-bond donors (Lipinski definition) is 0.